The van der Waals surface area contributed by atoms with E-state index in [4.69, 9.17) is 47.6 Å². The van der Waals surface area contributed by atoms with Crippen molar-refractivity contribution in [3.8, 4) is 113 Å². The SMILES string of the molecule is c1ccc(-c2nc(-c3ccc(-c4ccc(C5(c6ccc7oc8ccccc8c7c6)c6ccccc6-c6ccccc65)cc4)cc3)nc(-c3ccc4oc5ccccc5c4c3)n2)cc1.c1ccc(-c2nc(-c3cccc(-c4ccc(C5(c6ccc7oc8ccccc8c7c6)c6ccccc6-c6ccccc65)cc4)c3)nc(-c3ccc4oc5ccccc5c4c3)n2)cc1. The summed E-state index contributed by atoms with van der Waals surface area (Å²) in [7, 11) is 0. The topological polar surface area (TPSA) is 130 Å². The average molecular weight is 1610 g/mol. The minimum absolute atomic E-state index is 0.537. The molecular weight excluding hydrogens is 1540 g/mol. The highest BCUT2D eigenvalue weighted by Gasteiger charge is 2.48. The molecule has 0 unspecified atom stereocenters. The zero-order valence-electron chi connectivity index (χ0n) is 67.7. The molecule has 10 heteroatoms. The summed E-state index contributed by atoms with van der Waals surface area (Å²) in [6, 6.07) is 150. The quantitative estimate of drug-likeness (QED) is 0.117. The number of nitrogens with zero attached hydrogens (tertiary/aromatic N) is 6. The van der Waals surface area contributed by atoms with Gasteiger partial charge in [0, 0.05) is 76.5 Å². The van der Waals surface area contributed by atoms with E-state index in [2.05, 4.69) is 279 Å². The van der Waals surface area contributed by atoms with Crippen molar-refractivity contribution in [2.45, 2.75) is 10.8 Å². The number of hydrogen-bond acceptors (Lipinski definition) is 10. The lowest BCUT2D eigenvalue weighted by Gasteiger charge is -2.34. The Labute approximate surface area is 723 Å². The first-order valence-electron chi connectivity index (χ1n) is 42.5. The number of benzene rings is 18. The number of aromatic nitrogens is 6. The van der Waals surface area contributed by atoms with Crippen molar-refractivity contribution < 1.29 is 17.7 Å². The lowest BCUT2D eigenvalue weighted by Crippen LogP contribution is -2.28. The highest BCUT2D eigenvalue weighted by atomic mass is 16.3. The third-order valence-electron chi connectivity index (χ3n) is 25.7. The van der Waals surface area contributed by atoms with Gasteiger partial charge >= 0.3 is 0 Å². The fourth-order valence-corrected chi connectivity index (χ4v) is 19.9. The summed E-state index contributed by atoms with van der Waals surface area (Å²) in [6.45, 7) is 0. The van der Waals surface area contributed by atoms with Gasteiger partial charge in [-0.1, -0.05) is 334 Å². The Morgan fingerprint density at radius 2 is 0.373 bits per heavy atom. The van der Waals surface area contributed by atoms with Crippen molar-refractivity contribution in [1.29, 1.82) is 0 Å². The molecule has 6 aromatic heterocycles. The van der Waals surface area contributed by atoms with Gasteiger partial charge in [0.05, 0.1) is 10.8 Å². The van der Waals surface area contributed by atoms with E-state index < -0.39 is 10.8 Å². The van der Waals surface area contributed by atoms with Crippen molar-refractivity contribution in [2.75, 3.05) is 0 Å². The second-order valence-electron chi connectivity index (χ2n) is 32.6. The highest BCUT2D eigenvalue weighted by Crippen LogP contribution is 2.59. The molecule has 0 amide bonds. The number of hydrogen-bond donors (Lipinski definition) is 0. The average Bonchev–Trinajstić information content (AvgIpc) is 1.54. The molecule has 2 aliphatic carbocycles. The molecule has 10 nitrogen and oxygen atoms in total. The van der Waals surface area contributed by atoms with Crippen LogP contribution in [0, 0.1) is 0 Å². The molecule has 588 valence electrons. The largest absolute Gasteiger partial charge is 0.456 e. The number of fused-ring (bicyclic) bond motifs is 18. The lowest BCUT2D eigenvalue weighted by molar-refractivity contribution is 0.667. The van der Waals surface area contributed by atoms with Gasteiger partial charge in [0.25, 0.3) is 0 Å². The molecule has 0 fully saturated rings. The first-order valence-corrected chi connectivity index (χ1v) is 42.5. The van der Waals surface area contributed by atoms with Crippen LogP contribution in [0.15, 0.2) is 442 Å². The molecule has 0 spiro atoms. The van der Waals surface area contributed by atoms with Crippen LogP contribution in [0.1, 0.15) is 44.5 Å². The zero-order valence-corrected chi connectivity index (χ0v) is 67.7. The smallest absolute Gasteiger partial charge is 0.164 e. The number of rotatable bonds is 12. The molecule has 0 aliphatic heterocycles. The van der Waals surface area contributed by atoms with Gasteiger partial charge in [-0.25, -0.2) is 29.9 Å². The zero-order chi connectivity index (χ0) is 83.0. The summed E-state index contributed by atoms with van der Waals surface area (Å²) >= 11 is 0. The molecule has 0 saturated heterocycles. The Balaban J connectivity index is 0.000000137. The van der Waals surface area contributed by atoms with Gasteiger partial charge in [-0.2, -0.15) is 0 Å². The van der Waals surface area contributed by atoms with Crippen LogP contribution in [-0.2, 0) is 10.8 Å². The fourth-order valence-electron chi connectivity index (χ4n) is 19.9. The molecule has 6 heterocycles. The standard InChI is InChI=1S/2C58H35N3O2/c1-2-13-37(14-3-1)55-59-56(61-57(60-55)40-27-31-53-47(34-40)45-19-6-10-23-51(45)62-53)39-16-12-15-38(33-39)36-25-28-41(29-26-36)58(49-21-8-4-17-43(49)44-18-5-9-22-50(44)58)42-30-32-54-48(35-42)46-20-7-11-24-52(46)63-54;1-2-12-38(13-3-1)55-59-56(61-57(60-55)40-28-32-53-47(34-40)45-16-6-10-20-51(45)62-53)39-24-22-36(23-25-39)37-26-29-41(30-27-37)58(49-18-8-4-14-43(49)44-15-5-9-19-50(44)58)42-31-33-54-48(35-42)46-17-7-11-21-52(46)63-54/h2*1-35H. The Morgan fingerprint density at radius 1 is 0.143 bits per heavy atom. The van der Waals surface area contributed by atoms with E-state index in [9.17, 15) is 0 Å². The summed E-state index contributed by atoms with van der Waals surface area (Å²) in [4.78, 5) is 30.3. The van der Waals surface area contributed by atoms with Crippen LogP contribution in [0.2, 0.25) is 0 Å². The van der Waals surface area contributed by atoms with Gasteiger partial charge in [-0.05, 0) is 180 Å². The Kier molecular flexibility index (Phi) is 16.6. The summed E-state index contributed by atoms with van der Waals surface area (Å²) in [5.74, 6) is 3.66. The van der Waals surface area contributed by atoms with Gasteiger partial charge < -0.3 is 17.7 Å². The van der Waals surface area contributed by atoms with Crippen LogP contribution in [0.25, 0.3) is 201 Å². The monoisotopic (exact) mass is 1610 g/mol. The summed E-state index contributed by atoms with van der Waals surface area (Å²) in [6.07, 6.45) is 0. The van der Waals surface area contributed by atoms with E-state index >= 15 is 0 Å². The minimum atomic E-state index is -0.555. The molecule has 0 saturated carbocycles. The first-order chi connectivity index (χ1) is 62.4. The first kappa shape index (κ1) is 72.0. The maximum atomic E-state index is 6.32. The predicted octanol–water partition coefficient (Wildman–Crippen LogP) is 29.4. The van der Waals surface area contributed by atoms with Crippen LogP contribution in [0.3, 0.4) is 0 Å². The molecule has 0 N–H and O–H groups in total. The van der Waals surface area contributed by atoms with E-state index in [1.54, 1.807) is 0 Å². The fraction of sp³-hybridized carbons (Fsp3) is 0.0172. The van der Waals surface area contributed by atoms with Crippen molar-refractivity contribution in [1.82, 2.24) is 29.9 Å². The number of furan rings is 4. The third kappa shape index (κ3) is 11.6. The molecule has 26 rings (SSSR count). The molecule has 0 atom stereocenters. The summed E-state index contributed by atoms with van der Waals surface area (Å²) < 4.78 is 24.9. The van der Waals surface area contributed by atoms with Gasteiger partial charge in [-0.3, -0.25) is 0 Å². The predicted molar refractivity (Wildman–Crippen MR) is 507 cm³/mol. The van der Waals surface area contributed by atoms with E-state index in [1.807, 2.05) is 146 Å². The Bertz CT molecular complexity index is 8390. The van der Waals surface area contributed by atoms with E-state index in [0.29, 0.717) is 34.9 Å². The van der Waals surface area contributed by atoms with Crippen LogP contribution >= 0.6 is 0 Å². The van der Waals surface area contributed by atoms with Crippen LogP contribution in [0.4, 0.5) is 0 Å². The molecule has 126 heavy (non-hydrogen) atoms. The van der Waals surface area contributed by atoms with Gasteiger partial charge in [-0.15, -0.1) is 0 Å². The van der Waals surface area contributed by atoms with Crippen molar-refractivity contribution in [3.05, 3.63) is 469 Å². The summed E-state index contributed by atoms with van der Waals surface area (Å²) in [5.41, 5.74) is 30.7. The third-order valence-corrected chi connectivity index (χ3v) is 25.7. The van der Waals surface area contributed by atoms with E-state index in [-0.39, 0.29) is 0 Å². The van der Waals surface area contributed by atoms with Crippen molar-refractivity contribution in [3.63, 3.8) is 0 Å². The second-order valence-corrected chi connectivity index (χ2v) is 32.6. The normalized spacial score (nSPS) is 12.9. The molecule has 24 aromatic rings. The van der Waals surface area contributed by atoms with E-state index in [0.717, 1.165) is 143 Å². The van der Waals surface area contributed by atoms with Crippen LogP contribution in [-0.4, -0.2) is 29.9 Å². The number of para-hydroxylation sites is 4. The maximum absolute atomic E-state index is 6.32. The Hall–Kier alpha value is -16.8. The highest BCUT2D eigenvalue weighted by molar-refractivity contribution is 6.09. The van der Waals surface area contributed by atoms with Gasteiger partial charge in [0.2, 0.25) is 0 Å². The van der Waals surface area contributed by atoms with Gasteiger partial charge in [0.1, 0.15) is 44.7 Å². The second kappa shape index (κ2) is 29.0. The molecule has 2 aliphatic rings. The van der Waals surface area contributed by atoms with Crippen molar-refractivity contribution >= 4 is 87.8 Å². The molecule has 0 bridgehead atoms. The summed E-state index contributed by atoms with van der Waals surface area (Å²) in [5, 5.41) is 8.66. The van der Waals surface area contributed by atoms with Crippen LogP contribution in [0.5, 0.6) is 0 Å². The Morgan fingerprint density at radius 3 is 0.738 bits per heavy atom. The lowest BCUT2D eigenvalue weighted by atomic mass is 9.67. The minimum Gasteiger partial charge on any atom is -0.456 e. The maximum Gasteiger partial charge on any atom is 0.164 e. The van der Waals surface area contributed by atoms with Crippen molar-refractivity contribution in [2.24, 2.45) is 0 Å². The molecule has 18 aromatic carbocycles. The molecular formula is C116H70N6O4. The van der Waals surface area contributed by atoms with Crippen LogP contribution < -0.4 is 0 Å². The van der Waals surface area contributed by atoms with E-state index in [1.165, 1.54) is 66.8 Å². The van der Waals surface area contributed by atoms with Gasteiger partial charge in [0.15, 0.2) is 34.9 Å². The molecule has 0 radical (unpaired) electrons.